The van der Waals surface area contributed by atoms with Gasteiger partial charge in [0, 0.05) is 54.0 Å². The molecule has 1 amide bonds. The number of rotatable bonds is 9. The van der Waals surface area contributed by atoms with Crippen LogP contribution in [0.1, 0.15) is 41.4 Å². The predicted molar refractivity (Wildman–Crippen MR) is 150 cm³/mol. The van der Waals surface area contributed by atoms with Crippen molar-refractivity contribution in [3.05, 3.63) is 65.5 Å². The third-order valence-electron chi connectivity index (χ3n) is 6.87. The summed E-state index contributed by atoms with van der Waals surface area (Å²) in [5, 5.41) is 17.0. The molecule has 2 heterocycles. The number of likely N-dealkylation sites (tertiary alicyclic amines) is 1. The van der Waals surface area contributed by atoms with Crippen LogP contribution in [0.3, 0.4) is 0 Å². The quantitative estimate of drug-likeness (QED) is 0.301. The molecule has 1 fully saturated rings. The number of aromatic nitrogens is 2. The Morgan fingerprint density at radius 3 is 2.73 bits per heavy atom. The van der Waals surface area contributed by atoms with Gasteiger partial charge in [0.25, 0.3) is 5.91 Å². The van der Waals surface area contributed by atoms with Crippen molar-refractivity contribution in [2.24, 2.45) is 11.8 Å². The van der Waals surface area contributed by atoms with Crippen molar-refractivity contribution >= 4 is 39.9 Å². The first-order valence-electron chi connectivity index (χ1n) is 12.5. The summed E-state index contributed by atoms with van der Waals surface area (Å²) in [5.74, 6) is -0.00826. The molecule has 0 aliphatic carbocycles. The highest BCUT2D eigenvalue weighted by molar-refractivity contribution is 7.80. The van der Waals surface area contributed by atoms with E-state index in [0.29, 0.717) is 35.2 Å². The van der Waals surface area contributed by atoms with Gasteiger partial charge in [-0.05, 0) is 68.5 Å². The topological polar surface area (TPSA) is 79.6 Å². The number of aliphatic hydroxyl groups excluding tert-OH is 1. The van der Waals surface area contributed by atoms with Crippen molar-refractivity contribution in [1.82, 2.24) is 14.7 Å². The van der Waals surface area contributed by atoms with Gasteiger partial charge in [0.15, 0.2) is 0 Å². The smallest absolute Gasteiger partial charge is 0.259 e. The predicted octanol–water partition coefficient (Wildman–Crippen LogP) is 3.56. The number of aryl methyl sites for hydroxylation is 1. The van der Waals surface area contributed by atoms with E-state index in [1.807, 2.05) is 36.4 Å². The Kier molecular flexibility index (Phi) is 9.05. The van der Waals surface area contributed by atoms with E-state index in [1.165, 1.54) is 0 Å². The number of carbonyl (C=O) groups excluding carboxylic acids is 1. The Bertz CT molecular complexity index is 1220. The van der Waals surface area contributed by atoms with Gasteiger partial charge in [-0.25, -0.2) is 4.68 Å². The van der Waals surface area contributed by atoms with Gasteiger partial charge in [0.2, 0.25) is 0 Å². The first kappa shape index (κ1) is 27.4. The minimum Gasteiger partial charge on any atom is -0.509 e. The summed E-state index contributed by atoms with van der Waals surface area (Å²) in [6.45, 7) is 6.64. The van der Waals surface area contributed by atoms with Gasteiger partial charge in [-0.1, -0.05) is 13.0 Å². The number of hydrogen-bond donors (Lipinski definition) is 3. The number of benzene rings is 2. The minimum absolute atomic E-state index is 0.198. The molecule has 1 aliphatic heterocycles. The Morgan fingerprint density at radius 1 is 1.27 bits per heavy atom. The molecule has 0 bridgehead atoms. The molecule has 2 N–H and O–H groups in total. The number of aliphatic hydroxyl groups is 1. The molecule has 1 aromatic heterocycles. The summed E-state index contributed by atoms with van der Waals surface area (Å²) in [6, 6.07) is 13.1. The number of amides is 1. The second kappa shape index (κ2) is 12.2. The second-order valence-corrected chi connectivity index (χ2v) is 10.3. The molecule has 2 unspecified atom stereocenters. The number of hydrogen-bond acceptors (Lipinski definition) is 6. The van der Waals surface area contributed by atoms with Crippen LogP contribution in [0.15, 0.2) is 53.6 Å². The molecular weight excluding hydrogens is 482 g/mol. The van der Waals surface area contributed by atoms with Crippen molar-refractivity contribution in [1.29, 1.82) is 0 Å². The molecule has 0 saturated carbocycles. The number of nitrogens with one attached hydrogen (secondary N) is 1. The van der Waals surface area contributed by atoms with Crippen LogP contribution in [0.5, 0.6) is 5.75 Å². The maximum Gasteiger partial charge on any atom is 0.259 e. The SMILES string of the molecule is [B]C([B])Oc1cc(NC(=O)c2cn(-c3ccc(S)cc3)nc2C)ccc1CN1CCCC(C(C)CO)C1. The van der Waals surface area contributed by atoms with Gasteiger partial charge >= 0.3 is 0 Å². The van der Waals surface area contributed by atoms with Crippen molar-refractivity contribution in [3.8, 4) is 11.4 Å². The summed E-state index contributed by atoms with van der Waals surface area (Å²) in [4.78, 5) is 16.3. The Morgan fingerprint density at radius 2 is 2.03 bits per heavy atom. The van der Waals surface area contributed by atoms with Gasteiger partial charge in [0.1, 0.15) is 21.4 Å². The van der Waals surface area contributed by atoms with Crippen molar-refractivity contribution < 1.29 is 14.6 Å². The first-order valence-corrected chi connectivity index (χ1v) is 13.0. The largest absolute Gasteiger partial charge is 0.509 e. The van der Waals surface area contributed by atoms with Gasteiger partial charge in [-0.2, -0.15) is 5.10 Å². The molecular formula is C27H32B2N4O3S. The molecule has 4 radical (unpaired) electrons. The minimum atomic E-state index is -0.989. The van der Waals surface area contributed by atoms with E-state index in [2.05, 4.69) is 34.9 Å². The van der Waals surface area contributed by atoms with Crippen LogP contribution < -0.4 is 10.1 Å². The fraction of sp³-hybridized carbons (Fsp3) is 0.407. The highest BCUT2D eigenvalue weighted by Crippen LogP contribution is 2.29. The molecule has 1 saturated heterocycles. The number of nitrogens with zero attached hydrogens (tertiary/aromatic N) is 3. The first-order chi connectivity index (χ1) is 17.7. The highest BCUT2D eigenvalue weighted by Gasteiger charge is 2.25. The van der Waals surface area contributed by atoms with E-state index in [1.54, 1.807) is 23.9 Å². The van der Waals surface area contributed by atoms with Gasteiger partial charge in [-0.3, -0.25) is 9.69 Å². The maximum atomic E-state index is 13.1. The van der Waals surface area contributed by atoms with E-state index in [-0.39, 0.29) is 18.4 Å². The van der Waals surface area contributed by atoms with E-state index in [4.69, 9.17) is 20.4 Å². The number of thiol groups is 1. The number of carbonyl (C=O) groups is 1. The van der Waals surface area contributed by atoms with E-state index >= 15 is 0 Å². The zero-order valence-corrected chi connectivity index (χ0v) is 22.2. The van der Waals surface area contributed by atoms with Crippen LogP contribution in [0, 0.1) is 18.8 Å². The van der Waals surface area contributed by atoms with Crippen LogP contribution in [0.25, 0.3) is 5.69 Å². The molecule has 190 valence electrons. The molecule has 4 rings (SSSR count). The number of ether oxygens (including phenoxy) is 1. The molecule has 2 atom stereocenters. The van der Waals surface area contributed by atoms with Gasteiger partial charge in [-0.15, -0.1) is 12.6 Å². The second-order valence-electron chi connectivity index (χ2n) is 9.75. The standard InChI is InChI=1S/C27H32B2N4O3S/c1-17(16-34)19-4-3-11-32(13-19)14-20-5-6-21(12-25(20)36-27(28)29)30-26(35)24-15-33(31-18(24)2)22-7-9-23(37)10-8-22/h5-10,12,15,17,19,27,34,37H,3-4,11,13-14,16H2,1-2H3,(H,30,35). The molecule has 10 heteroatoms. The summed E-state index contributed by atoms with van der Waals surface area (Å²) in [6.07, 6.45) is 3.91. The average molecular weight is 514 g/mol. The fourth-order valence-electron chi connectivity index (χ4n) is 4.73. The normalized spacial score (nSPS) is 17.1. The molecule has 3 aromatic rings. The lowest BCUT2D eigenvalue weighted by Gasteiger charge is -2.35. The summed E-state index contributed by atoms with van der Waals surface area (Å²) < 4.78 is 7.39. The van der Waals surface area contributed by atoms with Crippen molar-refractivity contribution in [3.63, 3.8) is 0 Å². The Hall–Kier alpha value is -2.68. The lowest BCUT2D eigenvalue weighted by molar-refractivity contribution is 0.100. The number of anilines is 1. The van der Waals surface area contributed by atoms with Crippen LogP contribution in [0.2, 0.25) is 0 Å². The molecule has 7 nitrogen and oxygen atoms in total. The zero-order chi connectivity index (χ0) is 26.5. The van der Waals surface area contributed by atoms with Crippen LogP contribution in [-0.2, 0) is 6.54 Å². The summed E-state index contributed by atoms with van der Waals surface area (Å²) >= 11 is 4.32. The van der Waals surface area contributed by atoms with Crippen molar-refractivity contribution in [2.75, 3.05) is 25.0 Å². The average Bonchev–Trinajstić information content (AvgIpc) is 3.27. The van der Waals surface area contributed by atoms with Crippen LogP contribution >= 0.6 is 12.6 Å². The zero-order valence-electron chi connectivity index (χ0n) is 21.3. The number of piperidine rings is 1. The molecule has 37 heavy (non-hydrogen) atoms. The molecule has 2 aromatic carbocycles. The molecule has 1 aliphatic rings. The highest BCUT2D eigenvalue weighted by atomic mass is 32.1. The third-order valence-corrected chi connectivity index (χ3v) is 7.17. The maximum absolute atomic E-state index is 13.1. The van der Waals surface area contributed by atoms with Gasteiger partial charge < -0.3 is 15.2 Å². The Balaban J connectivity index is 1.49. The van der Waals surface area contributed by atoms with E-state index in [9.17, 15) is 9.90 Å². The van der Waals surface area contributed by atoms with Crippen molar-refractivity contribution in [2.45, 2.75) is 44.0 Å². The summed E-state index contributed by atoms with van der Waals surface area (Å²) in [5.41, 5.74) is 3.43. The van der Waals surface area contributed by atoms with E-state index < -0.39 is 5.90 Å². The lowest BCUT2D eigenvalue weighted by atomic mass is 9.82. The van der Waals surface area contributed by atoms with Gasteiger partial charge in [0.05, 0.1) is 16.9 Å². The fourth-order valence-corrected chi connectivity index (χ4v) is 4.88. The Labute approximate surface area is 226 Å². The summed E-state index contributed by atoms with van der Waals surface area (Å²) in [7, 11) is 11.5. The monoisotopic (exact) mass is 514 g/mol. The lowest BCUT2D eigenvalue weighted by Crippen LogP contribution is -2.38. The van der Waals surface area contributed by atoms with E-state index in [0.717, 1.165) is 42.1 Å². The molecule has 0 spiro atoms. The van der Waals surface area contributed by atoms with Crippen LogP contribution in [-0.4, -0.2) is 67.0 Å². The third kappa shape index (κ3) is 7.00. The van der Waals surface area contributed by atoms with Crippen LogP contribution in [0.4, 0.5) is 5.69 Å².